The van der Waals surface area contributed by atoms with Crippen LogP contribution in [0, 0.1) is 5.41 Å². The van der Waals surface area contributed by atoms with Gasteiger partial charge in [0.25, 0.3) is 5.91 Å². The van der Waals surface area contributed by atoms with E-state index in [0.29, 0.717) is 5.69 Å². The topological polar surface area (TPSA) is 113 Å². The van der Waals surface area contributed by atoms with Gasteiger partial charge in [0.05, 0.1) is 6.10 Å². The van der Waals surface area contributed by atoms with Crippen LogP contribution in [0.1, 0.15) is 27.7 Å². The summed E-state index contributed by atoms with van der Waals surface area (Å²) in [6.45, 7) is 6.82. The SMILES string of the molecule is CO[C@H](/C(=N/OCC(=O)Nc1ccc2cnccc2c1)[C@@H](O)[C@@H](C)O)C(C)(C)C. The number of pyridine rings is 1. The van der Waals surface area contributed by atoms with E-state index in [1.54, 1.807) is 18.5 Å². The average Bonchev–Trinajstić information content (AvgIpc) is 2.65. The number of benzene rings is 1. The van der Waals surface area contributed by atoms with Gasteiger partial charge >= 0.3 is 0 Å². The zero-order valence-electron chi connectivity index (χ0n) is 17.4. The first-order valence-electron chi connectivity index (χ1n) is 9.35. The number of aliphatic hydroxyl groups excluding tert-OH is 2. The number of aromatic nitrogens is 1. The quantitative estimate of drug-likeness (QED) is 0.461. The first-order valence-corrected chi connectivity index (χ1v) is 9.35. The molecule has 0 aliphatic rings. The Morgan fingerprint density at radius 1 is 1.24 bits per heavy atom. The zero-order valence-corrected chi connectivity index (χ0v) is 17.4. The number of rotatable bonds is 8. The predicted octanol–water partition coefficient (Wildman–Crippen LogP) is 2.35. The van der Waals surface area contributed by atoms with Gasteiger partial charge in [0.1, 0.15) is 17.9 Å². The molecule has 0 aliphatic carbocycles. The number of hydrogen-bond donors (Lipinski definition) is 3. The Kier molecular flexibility index (Phi) is 7.66. The maximum atomic E-state index is 12.2. The van der Waals surface area contributed by atoms with Gasteiger partial charge in [-0.1, -0.05) is 32.0 Å². The number of hydrogen-bond acceptors (Lipinski definition) is 7. The number of amides is 1. The molecule has 8 heteroatoms. The molecule has 3 N–H and O–H groups in total. The van der Waals surface area contributed by atoms with Crippen molar-refractivity contribution in [2.45, 2.75) is 46.0 Å². The third-order valence-electron chi connectivity index (χ3n) is 4.34. The zero-order chi connectivity index (χ0) is 21.6. The lowest BCUT2D eigenvalue weighted by molar-refractivity contribution is -0.120. The van der Waals surface area contributed by atoms with Gasteiger partial charge in [-0.05, 0) is 35.9 Å². The number of ether oxygens (including phenoxy) is 1. The van der Waals surface area contributed by atoms with Gasteiger partial charge in [-0.15, -0.1) is 0 Å². The standard InChI is InChI=1S/C21H29N3O5/c1-13(25)19(27)18(20(28-5)21(2,3)4)24-29-12-17(26)23-16-7-6-15-11-22-9-8-14(15)10-16/h6-11,13,19-20,25,27H,12H2,1-5H3,(H,23,26)/b24-18+/t13-,19+,20-/m1/s1. The molecule has 2 aromatic rings. The Morgan fingerprint density at radius 2 is 1.97 bits per heavy atom. The van der Waals surface area contributed by atoms with E-state index in [1.807, 2.05) is 39.0 Å². The second-order valence-corrected chi connectivity index (χ2v) is 7.94. The highest BCUT2D eigenvalue weighted by molar-refractivity contribution is 5.95. The molecule has 8 nitrogen and oxygen atoms in total. The second kappa shape index (κ2) is 9.78. The molecule has 2 rings (SSSR count). The summed E-state index contributed by atoms with van der Waals surface area (Å²) in [5.41, 5.74) is 0.339. The van der Waals surface area contributed by atoms with Crippen LogP contribution in [0.5, 0.6) is 0 Å². The molecule has 0 saturated heterocycles. The molecule has 0 bridgehead atoms. The van der Waals surface area contributed by atoms with E-state index in [2.05, 4.69) is 15.5 Å². The highest BCUT2D eigenvalue weighted by Gasteiger charge is 2.35. The van der Waals surface area contributed by atoms with Crippen molar-refractivity contribution in [3.8, 4) is 0 Å². The predicted molar refractivity (Wildman–Crippen MR) is 112 cm³/mol. The largest absolute Gasteiger partial charge is 0.390 e. The van der Waals surface area contributed by atoms with Crippen LogP contribution in [-0.4, -0.2) is 58.8 Å². The van der Waals surface area contributed by atoms with E-state index in [9.17, 15) is 15.0 Å². The van der Waals surface area contributed by atoms with Crippen molar-refractivity contribution >= 4 is 28.1 Å². The molecule has 0 spiro atoms. The molecule has 158 valence electrons. The summed E-state index contributed by atoms with van der Waals surface area (Å²) in [5.74, 6) is -0.405. The number of aliphatic hydroxyl groups is 2. The fourth-order valence-corrected chi connectivity index (χ4v) is 2.95. The van der Waals surface area contributed by atoms with E-state index >= 15 is 0 Å². The van der Waals surface area contributed by atoms with Gasteiger partial charge in [-0.25, -0.2) is 0 Å². The smallest absolute Gasteiger partial charge is 0.265 e. The van der Waals surface area contributed by atoms with E-state index in [-0.39, 0.29) is 12.3 Å². The molecule has 0 aliphatic heterocycles. The minimum absolute atomic E-state index is 0.126. The fraction of sp³-hybridized carbons (Fsp3) is 0.476. The monoisotopic (exact) mass is 403 g/mol. The van der Waals surface area contributed by atoms with Gasteiger partial charge in [0.2, 0.25) is 0 Å². The molecular formula is C21H29N3O5. The van der Waals surface area contributed by atoms with Crippen LogP contribution in [0.3, 0.4) is 0 Å². The van der Waals surface area contributed by atoms with Gasteiger partial charge < -0.3 is 25.1 Å². The number of carbonyl (C=O) groups excluding carboxylic acids is 1. The van der Waals surface area contributed by atoms with E-state index in [1.165, 1.54) is 14.0 Å². The van der Waals surface area contributed by atoms with Crippen molar-refractivity contribution in [2.24, 2.45) is 10.6 Å². The Morgan fingerprint density at radius 3 is 2.59 bits per heavy atom. The summed E-state index contributed by atoms with van der Waals surface area (Å²) >= 11 is 0. The third-order valence-corrected chi connectivity index (χ3v) is 4.34. The number of methoxy groups -OCH3 is 1. The van der Waals surface area contributed by atoms with Crippen molar-refractivity contribution < 1.29 is 24.6 Å². The van der Waals surface area contributed by atoms with Gasteiger partial charge in [-0.3, -0.25) is 9.78 Å². The third kappa shape index (κ3) is 6.22. The van der Waals surface area contributed by atoms with Gasteiger partial charge in [0.15, 0.2) is 6.61 Å². The molecule has 29 heavy (non-hydrogen) atoms. The van der Waals surface area contributed by atoms with E-state index < -0.39 is 29.6 Å². The Balaban J connectivity index is 2.07. The van der Waals surface area contributed by atoms with Crippen LogP contribution in [0.4, 0.5) is 5.69 Å². The minimum atomic E-state index is -1.28. The fourth-order valence-electron chi connectivity index (χ4n) is 2.95. The van der Waals surface area contributed by atoms with Crippen molar-refractivity contribution in [1.29, 1.82) is 0 Å². The molecule has 0 saturated carbocycles. The van der Waals surface area contributed by atoms with Crippen molar-refractivity contribution in [1.82, 2.24) is 4.98 Å². The van der Waals surface area contributed by atoms with E-state index in [4.69, 9.17) is 9.57 Å². The number of nitrogens with zero attached hydrogens (tertiary/aromatic N) is 2. The highest BCUT2D eigenvalue weighted by atomic mass is 16.6. The molecular weight excluding hydrogens is 374 g/mol. The summed E-state index contributed by atoms with van der Waals surface area (Å²) < 4.78 is 5.45. The lowest BCUT2D eigenvalue weighted by atomic mass is 9.83. The van der Waals surface area contributed by atoms with Crippen molar-refractivity contribution in [3.05, 3.63) is 36.7 Å². The Hall–Kier alpha value is -2.55. The molecule has 0 radical (unpaired) electrons. The summed E-state index contributed by atoms with van der Waals surface area (Å²) in [6.07, 6.45) is 0.469. The maximum Gasteiger partial charge on any atom is 0.265 e. The molecule has 3 atom stereocenters. The van der Waals surface area contributed by atoms with Crippen molar-refractivity contribution in [2.75, 3.05) is 19.0 Å². The molecule has 1 aromatic carbocycles. The van der Waals surface area contributed by atoms with Crippen LogP contribution in [0.15, 0.2) is 41.8 Å². The maximum absolute atomic E-state index is 12.2. The number of carbonyl (C=O) groups is 1. The Bertz CT molecular complexity index is 861. The summed E-state index contributed by atoms with van der Waals surface area (Å²) in [6, 6.07) is 7.32. The second-order valence-electron chi connectivity index (χ2n) is 7.94. The minimum Gasteiger partial charge on any atom is -0.390 e. The number of oxime groups is 1. The number of nitrogens with one attached hydrogen (secondary N) is 1. The molecule has 0 unspecified atom stereocenters. The van der Waals surface area contributed by atoms with Crippen LogP contribution >= 0.6 is 0 Å². The summed E-state index contributed by atoms with van der Waals surface area (Å²) in [7, 11) is 1.49. The number of anilines is 1. The molecule has 1 amide bonds. The summed E-state index contributed by atoms with van der Waals surface area (Å²) in [4.78, 5) is 21.4. The van der Waals surface area contributed by atoms with E-state index in [0.717, 1.165) is 10.8 Å². The van der Waals surface area contributed by atoms with Crippen LogP contribution in [-0.2, 0) is 14.4 Å². The van der Waals surface area contributed by atoms with Gasteiger partial charge in [0, 0.05) is 30.6 Å². The van der Waals surface area contributed by atoms with Crippen LogP contribution < -0.4 is 5.32 Å². The van der Waals surface area contributed by atoms with Crippen molar-refractivity contribution in [3.63, 3.8) is 0 Å². The summed E-state index contributed by atoms with van der Waals surface area (Å²) in [5, 5.41) is 28.7. The van der Waals surface area contributed by atoms with Gasteiger partial charge in [-0.2, -0.15) is 0 Å². The first-order chi connectivity index (χ1) is 13.6. The lowest BCUT2D eigenvalue weighted by Gasteiger charge is -2.32. The first kappa shape index (κ1) is 22.7. The van der Waals surface area contributed by atoms with Crippen LogP contribution in [0.25, 0.3) is 10.8 Å². The lowest BCUT2D eigenvalue weighted by Crippen LogP contribution is -2.46. The molecule has 1 aromatic heterocycles. The number of fused-ring (bicyclic) bond motifs is 1. The molecule has 0 fully saturated rings. The average molecular weight is 403 g/mol. The molecule has 1 heterocycles. The van der Waals surface area contributed by atoms with Crippen LogP contribution in [0.2, 0.25) is 0 Å². The normalized spacial score (nSPS) is 15.6. The highest BCUT2D eigenvalue weighted by Crippen LogP contribution is 2.25. The Labute approximate surface area is 170 Å².